The number of aromatic amines is 1. The van der Waals surface area contributed by atoms with Crippen molar-refractivity contribution in [2.75, 3.05) is 6.61 Å². The molecule has 39 heavy (non-hydrogen) atoms. The number of nitrogens with zero attached hydrogens (tertiary/aromatic N) is 6. The van der Waals surface area contributed by atoms with Gasteiger partial charge < -0.3 is 13.9 Å². The van der Waals surface area contributed by atoms with E-state index in [9.17, 15) is 4.79 Å². The van der Waals surface area contributed by atoms with Crippen LogP contribution in [-0.4, -0.2) is 47.3 Å². The van der Waals surface area contributed by atoms with E-state index < -0.39 is 0 Å². The van der Waals surface area contributed by atoms with Crippen molar-refractivity contribution in [2.45, 2.75) is 40.2 Å². The number of H-pyrrole nitrogens is 1. The molecule has 0 unspecified atom stereocenters. The zero-order valence-corrected chi connectivity index (χ0v) is 22.3. The summed E-state index contributed by atoms with van der Waals surface area (Å²) >= 11 is 0. The molecule has 198 valence electrons. The first-order valence-corrected chi connectivity index (χ1v) is 13.1. The van der Waals surface area contributed by atoms with Crippen LogP contribution in [0.5, 0.6) is 0 Å². The van der Waals surface area contributed by atoms with Crippen molar-refractivity contribution in [3.63, 3.8) is 0 Å². The molecule has 0 spiro atoms. The van der Waals surface area contributed by atoms with Crippen LogP contribution in [0, 0.1) is 0 Å². The number of hydrogen-bond acceptors (Lipinski definition) is 6. The fourth-order valence-electron chi connectivity index (χ4n) is 4.59. The maximum Gasteiger partial charge on any atom is 0.333 e. The van der Waals surface area contributed by atoms with Crippen LogP contribution in [0.15, 0.2) is 78.6 Å². The molecule has 0 aliphatic rings. The second kappa shape index (κ2) is 11.7. The van der Waals surface area contributed by atoms with Crippen LogP contribution in [0.3, 0.4) is 0 Å². The summed E-state index contributed by atoms with van der Waals surface area (Å²) in [4.78, 5) is 17.5. The summed E-state index contributed by atoms with van der Waals surface area (Å²) in [5, 5.41) is 14.5. The van der Waals surface area contributed by atoms with E-state index in [1.165, 1.54) is 0 Å². The van der Waals surface area contributed by atoms with Gasteiger partial charge in [0, 0.05) is 36.5 Å². The predicted octanol–water partition coefficient (Wildman–Crippen LogP) is 5.49. The van der Waals surface area contributed by atoms with Crippen molar-refractivity contribution in [1.29, 1.82) is 0 Å². The summed E-state index contributed by atoms with van der Waals surface area (Å²) < 4.78 is 9.43. The molecule has 0 amide bonds. The van der Waals surface area contributed by atoms with Gasteiger partial charge in [-0.1, -0.05) is 55.5 Å². The Balaban J connectivity index is 1.53. The lowest BCUT2D eigenvalue weighted by Crippen LogP contribution is -2.09. The molecule has 0 aliphatic carbocycles. The van der Waals surface area contributed by atoms with Gasteiger partial charge in [0.1, 0.15) is 5.82 Å². The molecule has 0 radical (unpaired) electrons. The van der Waals surface area contributed by atoms with Gasteiger partial charge in [-0.3, -0.25) is 0 Å². The standard InChI is InChI=1S/C30H31N7O2/c1-4-10-27-31-29(36-17-8-9-18-36)26(19-21(3)30(38)39-5-2)37(27)20-22-13-15-23(16-14-22)24-11-6-7-12-25(24)28-32-34-35-33-28/h6-9,11-19H,4-5,10,20H2,1-3H3,(H,32,33,34,35)/b21-19+. The van der Waals surface area contributed by atoms with Gasteiger partial charge in [0.25, 0.3) is 0 Å². The Morgan fingerprint density at radius 2 is 1.74 bits per heavy atom. The number of nitrogens with one attached hydrogen (secondary N) is 1. The second-order valence-corrected chi connectivity index (χ2v) is 9.19. The molecule has 1 N–H and O–H groups in total. The number of carbonyl (C=O) groups excluding carboxylic acids is 1. The summed E-state index contributed by atoms with van der Waals surface area (Å²) in [6.07, 6.45) is 7.59. The van der Waals surface area contributed by atoms with Crippen LogP contribution < -0.4 is 0 Å². The molecule has 9 nitrogen and oxygen atoms in total. The quantitative estimate of drug-likeness (QED) is 0.193. The number of aromatic nitrogens is 7. The van der Waals surface area contributed by atoms with Crippen LogP contribution in [0.25, 0.3) is 34.4 Å². The number of aryl methyl sites for hydroxylation is 1. The third kappa shape index (κ3) is 5.57. The fraction of sp³-hybridized carbons (Fsp3) is 0.233. The summed E-state index contributed by atoms with van der Waals surface area (Å²) in [6, 6.07) is 20.4. The van der Waals surface area contributed by atoms with Crippen molar-refractivity contribution in [3.8, 4) is 28.3 Å². The minimum atomic E-state index is -0.328. The lowest BCUT2D eigenvalue weighted by Gasteiger charge is -2.13. The van der Waals surface area contributed by atoms with Crippen LogP contribution in [0.1, 0.15) is 44.3 Å². The van der Waals surface area contributed by atoms with Gasteiger partial charge in [0.05, 0.1) is 12.3 Å². The Hall–Kier alpha value is -4.79. The number of hydrogen-bond donors (Lipinski definition) is 1. The third-order valence-corrected chi connectivity index (χ3v) is 6.46. The first-order valence-electron chi connectivity index (χ1n) is 13.1. The topological polar surface area (TPSA) is 104 Å². The Kier molecular flexibility index (Phi) is 7.77. The minimum Gasteiger partial charge on any atom is -0.463 e. The van der Waals surface area contributed by atoms with E-state index in [2.05, 4.69) is 62.4 Å². The molecule has 0 aliphatic heterocycles. The first kappa shape index (κ1) is 25.8. The number of benzene rings is 2. The Bertz CT molecular complexity index is 1560. The van der Waals surface area contributed by atoms with Gasteiger partial charge in [0.2, 0.25) is 5.82 Å². The van der Waals surface area contributed by atoms with Gasteiger partial charge >= 0.3 is 5.97 Å². The zero-order chi connectivity index (χ0) is 27.2. The average molecular weight is 522 g/mol. The van der Waals surface area contributed by atoms with Gasteiger partial charge in [-0.2, -0.15) is 5.21 Å². The third-order valence-electron chi connectivity index (χ3n) is 6.46. The highest BCUT2D eigenvalue weighted by Gasteiger charge is 2.19. The summed E-state index contributed by atoms with van der Waals surface area (Å²) in [5.41, 5.74) is 5.52. The van der Waals surface area contributed by atoms with E-state index in [4.69, 9.17) is 9.72 Å². The fourth-order valence-corrected chi connectivity index (χ4v) is 4.59. The SMILES string of the molecule is CCCc1nc(-n2cccc2)c(/C=C(\C)C(=O)OCC)n1Cc1ccc(-c2ccccc2-c2nn[nH]n2)cc1. The molecule has 5 rings (SSSR count). The molecule has 0 saturated heterocycles. The predicted molar refractivity (Wildman–Crippen MR) is 150 cm³/mol. The molecule has 2 aromatic carbocycles. The van der Waals surface area contributed by atoms with Crippen molar-refractivity contribution in [1.82, 2.24) is 34.7 Å². The summed E-state index contributed by atoms with van der Waals surface area (Å²) in [5.74, 6) is 1.99. The van der Waals surface area contributed by atoms with Crippen LogP contribution >= 0.6 is 0 Å². The molecule has 0 bridgehead atoms. The number of carbonyl (C=O) groups is 1. The molecular weight excluding hydrogens is 490 g/mol. The molecular formula is C30H31N7O2. The molecule has 5 aromatic rings. The van der Waals surface area contributed by atoms with Crippen molar-refractivity contribution in [2.24, 2.45) is 0 Å². The number of esters is 1. The van der Waals surface area contributed by atoms with Crippen LogP contribution in [0.2, 0.25) is 0 Å². The first-order chi connectivity index (χ1) is 19.1. The molecule has 0 saturated carbocycles. The highest BCUT2D eigenvalue weighted by atomic mass is 16.5. The van der Waals surface area contributed by atoms with Crippen molar-refractivity contribution in [3.05, 3.63) is 95.7 Å². The number of ether oxygens (including phenoxy) is 1. The van der Waals surface area contributed by atoms with Gasteiger partial charge in [-0.05, 0) is 60.4 Å². The van der Waals surface area contributed by atoms with Crippen molar-refractivity contribution >= 4 is 12.0 Å². The van der Waals surface area contributed by atoms with Gasteiger partial charge in [-0.25, -0.2) is 9.78 Å². The maximum atomic E-state index is 12.5. The Morgan fingerprint density at radius 3 is 2.41 bits per heavy atom. The average Bonchev–Trinajstić information content (AvgIpc) is 3.73. The normalized spacial score (nSPS) is 11.6. The molecule has 0 fully saturated rings. The molecule has 3 aromatic heterocycles. The van der Waals surface area contributed by atoms with E-state index >= 15 is 0 Å². The van der Waals surface area contributed by atoms with E-state index in [-0.39, 0.29) is 5.97 Å². The van der Waals surface area contributed by atoms with E-state index in [1.807, 2.05) is 60.3 Å². The van der Waals surface area contributed by atoms with E-state index in [0.29, 0.717) is 24.5 Å². The maximum absolute atomic E-state index is 12.5. The molecule has 3 heterocycles. The molecule has 9 heteroatoms. The van der Waals surface area contributed by atoms with Crippen molar-refractivity contribution < 1.29 is 9.53 Å². The summed E-state index contributed by atoms with van der Waals surface area (Å²) in [7, 11) is 0. The Labute approximate surface area is 227 Å². The second-order valence-electron chi connectivity index (χ2n) is 9.19. The van der Waals surface area contributed by atoms with Crippen LogP contribution in [0.4, 0.5) is 0 Å². The number of rotatable bonds is 10. The number of imidazole rings is 1. The monoisotopic (exact) mass is 521 g/mol. The largest absolute Gasteiger partial charge is 0.463 e. The van der Waals surface area contributed by atoms with Gasteiger partial charge in [0.15, 0.2) is 5.82 Å². The van der Waals surface area contributed by atoms with E-state index in [0.717, 1.165) is 52.4 Å². The van der Waals surface area contributed by atoms with Gasteiger partial charge in [-0.15, -0.1) is 10.2 Å². The highest BCUT2D eigenvalue weighted by molar-refractivity contribution is 5.93. The summed E-state index contributed by atoms with van der Waals surface area (Å²) in [6.45, 7) is 6.67. The lowest BCUT2D eigenvalue weighted by molar-refractivity contribution is -0.138. The van der Waals surface area contributed by atoms with Crippen LogP contribution in [-0.2, 0) is 22.5 Å². The minimum absolute atomic E-state index is 0.328. The number of tetrazole rings is 1. The lowest BCUT2D eigenvalue weighted by atomic mass is 9.98. The molecule has 0 atom stereocenters. The Morgan fingerprint density at radius 1 is 1.00 bits per heavy atom. The zero-order valence-electron chi connectivity index (χ0n) is 22.3. The highest BCUT2D eigenvalue weighted by Crippen LogP contribution is 2.30. The smallest absolute Gasteiger partial charge is 0.333 e. The van der Waals surface area contributed by atoms with E-state index in [1.54, 1.807) is 6.92 Å².